The monoisotopic (exact) mass is 2140 g/mol. The van der Waals surface area contributed by atoms with E-state index in [0.29, 0.717) is 90.4 Å². The van der Waals surface area contributed by atoms with Gasteiger partial charge < -0.3 is 107 Å². The zero-order chi connectivity index (χ0) is 89.0. The maximum Gasteiger partial charge on any atom is 3.00 e. The van der Waals surface area contributed by atoms with E-state index < -0.39 is 49.0 Å². The van der Waals surface area contributed by atoms with Gasteiger partial charge in [-0.3, -0.25) is 49.9 Å². The van der Waals surface area contributed by atoms with Crippen LogP contribution in [-0.4, -0.2) is 205 Å². The Bertz CT molecular complexity index is 5380. The molecule has 0 unspecified atom stereocenters. The predicted molar refractivity (Wildman–Crippen MR) is 429 cm³/mol. The van der Waals surface area contributed by atoms with E-state index in [-0.39, 0.29) is 139 Å². The first-order valence-corrected chi connectivity index (χ1v) is 33.1. The van der Waals surface area contributed by atoms with E-state index in [2.05, 4.69) is 121 Å². The molecule has 0 aliphatic rings. The average molecular weight is 2140 g/mol. The molecule has 0 atom stereocenters. The molecule has 0 bridgehead atoms. The van der Waals surface area contributed by atoms with Crippen LogP contribution < -0.4 is 20.4 Å². The van der Waals surface area contributed by atoms with Crippen LogP contribution >= 0.6 is 0 Å². The number of aromatic amines is 4. The Morgan fingerprint density at radius 2 is 0.488 bits per heavy atom. The number of fused-ring (bicyclic) bond motifs is 6. The molecule has 0 saturated carbocycles. The number of carbonyl (C=O) groups is 2. The SMILES string of the molecule is CN(C)C=O.CN(C)C=O.O=[N+]([O-])[O-].O=[N+]([O-])[O-].O=[N+]([O-])[O-].O=[N+]([O-])[O-].O=[N+]([O-])[O-].[O-]/C(=N\N=C\c1ccc2ccc3ccc(/C=N/N=C(\[O-])c4cc(-c5ccccn5)[nH]n4)nc3c2n1)c1cc(-c2ccccn2)[nH]n1.[O-]/C(=N\N=C\c1ccc2ccc3ccc(/C=N/N=C(\[O-])c4cc(-c5ccccn5)[nH]n4)nc3c2n1)c1cc(-c2ccccn2)[nH]n1.[Tb+3].[Tb+3].[Tb+3]. The van der Waals surface area contributed by atoms with Crippen molar-refractivity contribution >= 4 is 105 Å². The van der Waals surface area contributed by atoms with Gasteiger partial charge in [-0.2, -0.15) is 61.2 Å². The predicted octanol–water partition coefficient (Wildman–Crippen LogP) is 3.48. The second-order valence-corrected chi connectivity index (χ2v) is 22.7. The van der Waals surface area contributed by atoms with Gasteiger partial charge in [-0.25, -0.2) is 19.9 Å². The summed E-state index contributed by atoms with van der Waals surface area (Å²) in [5, 5.41) is 185. The van der Waals surface area contributed by atoms with Crippen molar-refractivity contribution in [1.29, 1.82) is 0 Å². The number of rotatable bonds is 18. The summed E-state index contributed by atoms with van der Waals surface area (Å²) in [5.74, 6) is -2.46. The molecule has 12 heterocycles. The third kappa shape index (κ3) is 37.2. The van der Waals surface area contributed by atoms with Gasteiger partial charge in [-0.1, -0.05) is 72.8 Å². The van der Waals surface area contributed by atoms with Crippen molar-refractivity contribution in [3.05, 3.63) is 317 Å². The molecule has 52 nitrogen and oxygen atoms in total. The van der Waals surface area contributed by atoms with Crippen molar-refractivity contribution in [3.8, 4) is 45.6 Å². The summed E-state index contributed by atoms with van der Waals surface area (Å²) in [6, 6.07) is 50.3. The second kappa shape index (κ2) is 54.9. The average Bonchev–Trinajstić information content (AvgIpc) is 1.36. The Balaban J connectivity index is 0.000000479. The van der Waals surface area contributed by atoms with Crippen molar-refractivity contribution < 1.29 is 171 Å². The van der Waals surface area contributed by atoms with Crippen LogP contribution in [0.4, 0.5) is 0 Å². The third-order valence-electron chi connectivity index (χ3n) is 13.9. The number of nitrogens with one attached hydrogen (secondary N) is 4. The Hall–Kier alpha value is -15.1. The molecule has 2 amide bonds. The quantitative estimate of drug-likeness (QED) is 0.0238. The van der Waals surface area contributed by atoms with Crippen LogP contribution in [0.1, 0.15) is 45.6 Å². The van der Waals surface area contributed by atoms with Gasteiger partial charge in [0, 0.05) is 98.1 Å². The molecule has 642 valence electrons. The fourth-order valence-corrected chi connectivity index (χ4v) is 8.99. The largest absolute Gasteiger partial charge is 3.00 e. The summed E-state index contributed by atoms with van der Waals surface area (Å²) in [5.41, 5.74) is 9.77. The van der Waals surface area contributed by atoms with Crippen molar-refractivity contribution in [2.24, 2.45) is 40.8 Å². The summed E-state index contributed by atoms with van der Waals surface area (Å²) in [7, 11) is 6.75. The molecule has 4 N–H and O–H groups in total. The Labute approximate surface area is 790 Å². The zero-order valence-corrected chi connectivity index (χ0v) is 70.0. The van der Waals surface area contributed by atoms with E-state index in [1.165, 1.54) is 34.7 Å². The van der Waals surface area contributed by atoms with Crippen LogP contribution in [0.2, 0.25) is 0 Å². The first kappa shape index (κ1) is 104. The van der Waals surface area contributed by atoms with Crippen molar-refractivity contribution in [2.75, 3.05) is 28.2 Å². The summed E-state index contributed by atoms with van der Waals surface area (Å²) in [6.07, 6.45) is 13.6. The summed E-state index contributed by atoms with van der Waals surface area (Å²) in [6.45, 7) is 0. The van der Waals surface area contributed by atoms with Crippen LogP contribution in [0.15, 0.2) is 235 Å². The number of H-pyrrole nitrogens is 4. The molecule has 0 aliphatic heterocycles. The normalized spacial score (nSPS) is 10.8. The minimum Gasteiger partial charge on any atom is -0.856 e. The van der Waals surface area contributed by atoms with Gasteiger partial charge in [0.2, 0.25) is 12.8 Å². The Morgan fingerprint density at radius 1 is 0.312 bits per heavy atom. The molecule has 14 aromatic rings. The van der Waals surface area contributed by atoms with E-state index >= 15 is 0 Å². The molecule has 0 radical (unpaired) electrons. The molecule has 14 rings (SSSR count). The van der Waals surface area contributed by atoms with Crippen molar-refractivity contribution in [3.63, 3.8) is 0 Å². The van der Waals surface area contributed by atoms with Gasteiger partial charge in [-0.05, 0) is 97.1 Å². The van der Waals surface area contributed by atoms with Gasteiger partial charge >= 0.3 is 116 Å². The number of hydrogen-bond donors (Lipinski definition) is 4. The summed E-state index contributed by atoms with van der Waals surface area (Å²) in [4.78, 5) is 98.6. The van der Waals surface area contributed by atoms with E-state index in [0.717, 1.165) is 34.4 Å². The molecule has 125 heavy (non-hydrogen) atoms. The van der Waals surface area contributed by atoms with Crippen LogP contribution in [0.3, 0.4) is 0 Å². The van der Waals surface area contributed by atoms with Crippen LogP contribution in [0.5, 0.6) is 0 Å². The summed E-state index contributed by atoms with van der Waals surface area (Å²) >= 11 is 0. The Morgan fingerprint density at radius 3 is 0.648 bits per heavy atom. The molecule has 0 aliphatic carbocycles. The number of nitrogens with zero attached hydrogens (tertiary/aromatic N) is 27. The molecule has 12 aromatic heterocycles. The second-order valence-electron chi connectivity index (χ2n) is 22.7. The minimum absolute atomic E-state index is 0. The molecule has 0 saturated heterocycles. The van der Waals surface area contributed by atoms with Gasteiger partial charge in [0.1, 0.15) is 0 Å². The maximum absolute atomic E-state index is 12.5. The van der Waals surface area contributed by atoms with E-state index in [9.17, 15) is 30.0 Å². The van der Waals surface area contributed by atoms with Crippen molar-refractivity contribution in [1.82, 2.24) is 90.5 Å². The van der Waals surface area contributed by atoms with E-state index in [1.54, 1.807) is 150 Å². The van der Waals surface area contributed by atoms with Crippen molar-refractivity contribution in [2.45, 2.75) is 0 Å². The minimum atomic E-state index is -1.75. The number of carbonyl (C=O) groups excluding carboxylic acids is 2. The Kier molecular flexibility index (Phi) is 45.7. The molecule has 0 spiro atoms. The first-order valence-electron chi connectivity index (χ1n) is 33.1. The van der Waals surface area contributed by atoms with E-state index in [1.807, 2.05) is 72.8 Å². The van der Waals surface area contributed by atoms with E-state index in [4.69, 9.17) is 76.6 Å². The molecule has 55 heteroatoms. The topological polar surface area (TPSA) is 781 Å². The fourth-order valence-electron chi connectivity index (χ4n) is 8.99. The first-order chi connectivity index (χ1) is 58.4. The number of amides is 2. The van der Waals surface area contributed by atoms with Crippen LogP contribution in [-0.2, 0) is 9.59 Å². The molecule has 0 fully saturated rings. The summed E-state index contributed by atoms with van der Waals surface area (Å²) < 4.78 is 0. The van der Waals surface area contributed by atoms with Crippen LogP contribution in [0.25, 0.3) is 89.2 Å². The maximum atomic E-state index is 12.5. The third-order valence-corrected chi connectivity index (χ3v) is 13.9. The number of aromatic nitrogens is 16. The molecular weight excluding hydrogens is 2090 g/mol. The molecular formula is C70H54N31O21Tb3. The molecule has 2 aromatic carbocycles. The van der Waals surface area contributed by atoms with Gasteiger partial charge in [0.05, 0.1) is 163 Å². The zero-order valence-electron chi connectivity index (χ0n) is 63.6. The number of pyridine rings is 8. The van der Waals surface area contributed by atoms with Gasteiger partial charge in [0.25, 0.3) is 0 Å². The standard InChI is InChI=1S/2C32H22N12O2.2C3H7NO.5NO3.3Tb/c2*45-31(27-15-25(39-41-27)23-5-1-3-13-33-23)43-35-17-21-11-9-19-7-8-20-10-12-22(38-30(20)29(19)37-21)18-36-44-32(46)28-16-26(40-42-28)24-6-2-4-14-34-24;2*1-4(2)3-5;5*2-1(3)4;;;/h2*1-18H,(H,39,41)(H,40,42)(H,43,45)(H,44,46);2*3H,1-2H3;;;;;;;;/q;;;;5*-1;3*+3/p-4/b2*35-17+,36-18+;;;;;;;;;;. The van der Waals surface area contributed by atoms with Crippen LogP contribution in [0, 0.1) is 192 Å². The number of hydrogen-bond acceptors (Lipinski definition) is 41. The smallest absolute Gasteiger partial charge is 0.856 e. The fraction of sp³-hybridized carbons (Fsp3) is 0.0571. The van der Waals surface area contributed by atoms with Gasteiger partial charge in [0.15, 0.2) is 0 Å². The van der Waals surface area contributed by atoms with Gasteiger partial charge in [-0.15, -0.1) is 0 Å². The number of benzene rings is 2.